The van der Waals surface area contributed by atoms with Gasteiger partial charge in [0.05, 0.1) is 11.1 Å². The molecule has 10 atom stereocenters. The van der Waals surface area contributed by atoms with Gasteiger partial charge in [0.1, 0.15) is 12.2 Å². The van der Waals surface area contributed by atoms with Crippen LogP contribution in [0.3, 0.4) is 0 Å². The first-order valence-corrected chi connectivity index (χ1v) is 18.2. The number of anilines is 2. The summed E-state index contributed by atoms with van der Waals surface area (Å²) in [5.41, 5.74) is 14.4. The van der Waals surface area contributed by atoms with Crippen molar-refractivity contribution in [2.24, 2.45) is 52.8 Å². The Balaban J connectivity index is 1.21. The molecule has 0 aromatic heterocycles. The molecule has 4 N–H and O–H groups in total. The Labute approximate surface area is 276 Å². The second-order valence-electron chi connectivity index (χ2n) is 16.1. The fourth-order valence-corrected chi connectivity index (χ4v) is 10.7. The number of hydrogen-bond donors (Lipinski definition) is 2. The molecule has 6 heteroatoms. The highest BCUT2D eigenvalue weighted by molar-refractivity contribution is 5.90. The molecule has 4 aliphatic carbocycles. The van der Waals surface area contributed by atoms with Crippen molar-refractivity contribution in [1.82, 2.24) is 0 Å². The van der Waals surface area contributed by atoms with Gasteiger partial charge in [0.2, 0.25) is 0 Å². The summed E-state index contributed by atoms with van der Waals surface area (Å²) in [6, 6.07) is 14.0. The zero-order valence-electron chi connectivity index (χ0n) is 28.5. The first kappa shape index (κ1) is 32.9. The first-order valence-electron chi connectivity index (χ1n) is 18.2. The topological polar surface area (TPSA) is 105 Å². The third-order valence-electron chi connectivity index (χ3n) is 13.0. The van der Waals surface area contributed by atoms with E-state index in [-0.39, 0.29) is 30.1 Å². The Morgan fingerprint density at radius 3 is 1.98 bits per heavy atom. The van der Waals surface area contributed by atoms with Gasteiger partial charge in [0.25, 0.3) is 0 Å². The van der Waals surface area contributed by atoms with E-state index in [1.54, 1.807) is 48.5 Å². The van der Waals surface area contributed by atoms with Crippen LogP contribution in [0.5, 0.6) is 0 Å². The number of hydrogen-bond acceptors (Lipinski definition) is 6. The normalized spacial score (nSPS) is 34.2. The van der Waals surface area contributed by atoms with Crippen molar-refractivity contribution in [2.75, 3.05) is 11.5 Å². The molecular formula is C40H56N2O4. The lowest BCUT2D eigenvalue weighted by Crippen LogP contribution is -2.54. The Hall–Kier alpha value is -3.02. The molecule has 0 spiro atoms. The summed E-state index contributed by atoms with van der Waals surface area (Å²) in [5.74, 6) is 4.32. The van der Waals surface area contributed by atoms with Crippen LogP contribution in [0.1, 0.15) is 119 Å². The molecule has 0 radical (unpaired) electrons. The number of fused-ring (bicyclic) bond motifs is 5. The largest absolute Gasteiger partial charge is 0.459 e. The average Bonchev–Trinajstić information content (AvgIpc) is 3.39. The molecule has 0 heterocycles. The molecule has 2 aromatic carbocycles. The van der Waals surface area contributed by atoms with Gasteiger partial charge in [-0.1, -0.05) is 47.0 Å². The smallest absolute Gasteiger partial charge is 0.338 e. The van der Waals surface area contributed by atoms with E-state index in [1.807, 2.05) is 0 Å². The van der Waals surface area contributed by atoms with E-state index in [9.17, 15) is 9.59 Å². The van der Waals surface area contributed by atoms with Crippen LogP contribution in [0.4, 0.5) is 11.4 Å². The number of esters is 2. The molecule has 6 nitrogen and oxygen atoms in total. The third-order valence-corrected chi connectivity index (χ3v) is 13.0. The zero-order valence-corrected chi connectivity index (χ0v) is 28.5. The summed E-state index contributed by atoms with van der Waals surface area (Å²) in [7, 11) is 0. The van der Waals surface area contributed by atoms with Crippen LogP contribution in [-0.2, 0) is 9.47 Å². The Bertz CT molecular complexity index is 1360. The number of rotatable bonds is 9. The number of carbonyl (C=O) groups excluding carboxylic acids is 2. The predicted octanol–water partition coefficient (Wildman–Crippen LogP) is 8.94. The zero-order chi connectivity index (χ0) is 32.6. The van der Waals surface area contributed by atoms with E-state index in [1.165, 1.54) is 44.9 Å². The lowest BCUT2D eigenvalue weighted by molar-refractivity contribution is -0.132. The fourth-order valence-electron chi connectivity index (χ4n) is 10.7. The van der Waals surface area contributed by atoms with Gasteiger partial charge in [-0.05, 0) is 147 Å². The minimum atomic E-state index is -0.305. The summed E-state index contributed by atoms with van der Waals surface area (Å²) < 4.78 is 12.6. The van der Waals surface area contributed by atoms with Gasteiger partial charge >= 0.3 is 11.9 Å². The van der Waals surface area contributed by atoms with Crippen molar-refractivity contribution in [3.63, 3.8) is 0 Å². The summed E-state index contributed by atoms with van der Waals surface area (Å²) in [4.78, 5) is 26.6. The summed E-state index contributed by atoms with van der Waals surface area (Å²) in [6.45, 7) is 9.80. The van der Waals surface area contributed by atoms with E-state index in [0.717, 1.165) is 43.4 Å². The molecule has 0 aliphatic heterocycles. The SMILES string of the molecule is CC(C)CCCC(C)C1CCC2C3CC(OC(=O)c4ccc(N)cc4)C4CC(OC(=O)c5ccc(N)cc5)CCC4C3CC[C@@]12C. The number of benzene rings is 2. The Kier molecular flexibility index (Phi) is 9.73. The molecule has 4 aliphatic rings. The molecule has 4 saturated carbocycles. The van der Waals surface area contributed by atoms with Crippen LogP contribution >= 0.6 is 0 Å². The van der Waals surface area contributed by atoms with Gasteiger partial charge in [0, 0.05) is 17.3 Å². The molecule has 46 heavy (non-hydrogen) atoms. The van der Waals surface area contributed by atoms with E-state index in [0.29, 0.717) is 51.6 Å². The lowest BCUT2D eigenvalue weighted by atomic mass is 9.48. The quantitative estimate of drug-likeness (QED) is 0.212. The van der Waals surface area contributed by atoms with Gasteiger partial charge in [-0.2, -0.15) is 0 Å². The molecule has 250 valence electrons. The molecule has 4 fully saturated rings. The Morgan fingerprint density at radius 1 is 0.739 bits per heavy atom. The lowest BCUT2D eigenvalue weighted by Gasteiger charge is -2.58. The Morgan fingerprint density at radius 2 is 1.35 bits per heavy atom. The van der Waals surface area contributed by atoms with Crippen LogP contribution in [0.15, 0.2) is 48.5 Å². The molecule has 0 saturated heterocycles. The molecule has 6 rings (SSSR count). The third kappa shape index (κ3) is 6.69. The van der Waals surface area contributed by atoms with Crippen molar-refractivity contribution in [1.29, 1.82) is 0 Å². The second kappa shape index (κ2) is 13.6. The maximum Gasteiger partial charge on any atom is 0.338 e. The monoisotopic (exact) mass is 628 g/mol. The van der Waals surface area contributed by atoms with Gasteiger partial charge < -0.3 is 20.9 Å². The highest BCUT2D eigenvalue weighted by Gasteiger charge is 2.60. The molecule has 0 amide bonds. The van der Waals surface area contributed by atoms with E-state index in [4.69, 9.17) is 20.9 Å². The van der Waals surface area contributed by atoms with Gasteiger partial charge in [-0.15, -0.1) is 0 Å². The van der Waals surface area contributed by atoms with E-state index < -0.39 is 0 Å². The van der Waals surface area contributed by atoms with Crippen LogP contribution in [0, 0.1) is 52.8 Å². The van der Waals surface area contributed by atoms with Crippen molar-refractivity contribution >= 4 is 23.3 Å². The molecule has 2 aromatic rings. The van der Waals surface area contributed by atoms with Gasteiger partial charge in [-0.3, -0.25) is 0 Å². The average molecular weight is 629 g/mol. The first-order chi connectivity index (χ1) is 22.0. The highest BCUT2D eigenvalue weighted by Crippen LogP contribution is 2.66. The summed E-state index contributed by atoms with van der Waals surface area (Å²) in [6.07, 6.45) is 12.4. The number of ether oxygens (including phenoxy) is 2. The van der Waals surface area contributed by atoms with Crippen molar-refractivity contribution in [3.8, 4) is 0 Å². The standard InChI is InChI=1S/C40H56N2O4/c1-24(2)6-5-7-25(3)35-18-19-36-33-23-37(46-39(44)27-10-14-29(42)15-11-27)34-22-30(45-38(43)26-8-12-28(41)13-9-26)16-17-31(34)32(33)20-21-40(35,36)4/h8-15,24-25,30-37H,5-7,16-23,41-42H2,1-4H3/t25?,30?,31?,32?,33?,34?,35?,36?,37?,40-/m0/s1. The number of carbonyl (C=O) groups is 2. The van der Waals surface area contributed by atoms with Gasteiger partial charge in [-0.25, -0.2) is 9.59 Å². The molecular weight excluding hydrogens is 572 g/mol. The minimum absolute atomic E-state index is 0.181. The van der Waals surface area contributed by atoms with Crippen LogP contribution in [0.2, 0.25) is 0 Å². The number of nitrogen functional groups attached to an aromatic ring is 2. The molecule has 0 bridgehead atoms. The minimum Gasteiger partial charge on any atom is -0.459 e. The van der Waals surface area contributed by atoms with Crippen LogP contribution in [0.25, 0.3) is 0 Å². The molecule has 9 unspecified atom stereocenters. The van der Waals surface area contributed by atoms with E-state index in [2.05, 4.69) is 27.7 Å². The summed E-state index contributed by atoms with van der Waals surface area (Å²) in [5, 5.41) is 0. The van der Waals surface area contributed by atoms with Crippen LogP contribution in [-0.4, -0.2) is 24.1 Å². The van der Waals surface area contributed by atoms with Crippen molar-refractivity contribution < 1.29 is 19.1 Å². The maximum atomic E-state index is 13.6. The van der Waals surface area contributed by atoms with Crippen molar-refractivity contribution in [2.45, 2.75) is 111 Å². The van der Waals surface area contributed by atoms with Crippen LogP contribution < -0.4 is 11.5 Å². The fraction of sp³-hybridized carbons (Fsp3) is 0.650. The predicted molar refractivity (Wildman–Crippen MR) is 184 cm³/mol. The number of nitrogens with two attached hydrogens (primary N) is 2. The maximum absolute atomic E-state index is 13.6. The van der Waals surface area contributed by atoms with E-state index >= 15 is 0 Å². The van der Waals surface area contributed by atoms with Crippen molar-refractivity contribution in [3.05, 3.63) is 59.7 Å². The second-order valence-corrected chi connectivity index (χ2v) is 16.1. The van der Waals surface area contributed by atoms with Gasteiger partial charge in [0.15, 0.2) is 0 Å². The summed E-state index contributed by atoms with van der Waals surface area (Å²) >= 11 is 0. The highest BCUT2D eigenvalue weighted by atomic mass is 16.6.